The zero-order chi connectivity index (χ0) is 19.3. The molecule has 1 aromatic rings. The van der Waals surface area contributed by atoms with Gasteiger partial charge in [-0.25, -0.2) is 17.6 Å². The summed E-state index contributed by atoms with van der Waals surface area (Å²) >= 11 is 0. The molecule has 2 aliphatic carbocycles. The molecule has 1 aromatic carbocycles. The van der Waals surface area contributed by atoms with Crippen LogP contribution in [0.2, 0.25) is 0 Å². The first-order valence-electron chi connectivity index (χ1n) is 8.64. The van der Waals surface area contributed by atoms with E-state index in [0.717, 1.165) is 0 Å². The summed E-state index contributed by atoms with van der Waals surface area (Å²) in [6, 6.07) is 4.60. The van der Waals surface area contributed by atoms with Crippen molar-refractivity contribution in [2.75, 3.05) is 36.0 Å². The van der Waals surface area contributed by atoms with E-state index in [1.165, 1.54) is 17.0 Å². The maximum absolute atomic E-state index is 13.5. The molecule has 0 bridgehead atoms. The standard InChI is InChI=1S/C17H14F4N4O2/c18-16(19)10-4-23(5-11(10)16)9-1-8(3-22)15(25(26)27)14(2-9)24-6-12-13(7-24)17(12,20)21/h1-2,10-13H,4-7H2. The van der Waals surface area contributed by atoms with Gasteiger partial charge in [0.05, 0.1) is 28.6 Å². The lowest BCUT2D eigenvalue weighted by Gasteiger charge is -2.26. The highest BCUT2D eigenvalue weighted by Gasteiger charge is 2.72. The molecule has 10 heteroatoms. The van der Waals surface area contributed by atoms with Gasteiger partial charge in [0.25, 0.3) is 11.8 Å². The minimum absolute atomic E-state index is 0.0177. The van der Waals surface area contributed by atoms with E-state index in [2.05, 4.69) is 0 Å². The van der Waals surface area contributed by atoms with Crippen LogP contribution in [0.1, 0.15) is 5.56 Å². The normalized spacial score (nSPS) is 34.0. The molecule has 6 nitrogen and oxygen atoms in total. The van der Waals surface area contributed by atoms with Gasteiger partial charge in [-0.3, -0.25) is 10.1 Å². The molecule has 0 spiro atoms. The van der Waals surface area contributed by atoms with E-state index in [0.29, 0.717) is 5.69 Å². The molecule has 2 saturated carbocycles. The van der Waals surface area contributed by atoms with Gasteiger partial charge in [-0.2, -0.15) is 5.26 Å². The van der Waals surface area contributed by atoms with Gasteiger partial charge in [-0.1, -0.05) is 0 Å². The molecule has 4 fully saturated rings. The number of halogens is 4. The van der Waals surface area contributed by atoms with Crippen LogP contribution in [0.25, 0.3) is 0 Å². The molecule has 0 N–H and O–H groups in total. The van der Waals surface area contributed by atoms with Gasteiger partial charge in [-0.15, -0.1) is 0 Å². The van der Waals surface area contributed by atoms with E-state index in [1.54, 1.807) is 11.0 Å². The number of anilines is 2. The van der Waals surface area contributed by atoms with E-state index >= 15 is 0 Å². The lowest BCUT2D eigenvalue weighted by atomic mass is 10.1. The molecular weight excluding hydrogens is 368 g/mol. The number of rotatable bonds is 3. The lowest BCUT2D eigenvalue weighted by Crippen LogP contribution is -2.30. The van der Waals surface area contributed by atoms with Crippen molar-refractivity contribution in [1.82, 2.24) is 0 Å². The number of benzene rings is 1. The molecule has 142 valence electrons. The third-order valence-corrected chi connectivity index (χ3v) is 6.48. The summed E-state index contributed by atoms with van der Waals surface area (Å²) in [6.45, 7) is 0.193. The van der Waals surface area contributed by atoms with Crippen molar-refractivity contribution in [3.05, 3.63) is 27.8 Å². The van der Waals surface area contributed by atoms with E-state index < -0.39 is 46.1 Å². The number of nitrogens with zero attached hydrogens (tertiary/aromatic N) is 4. The second kappa shape index (κ2) is 4.82. The number of nitriles is 1. The molecule has 0 aromatic heterocycles. The summed E-state index contributed by atoms with van der Waals surface area (Å²) < 4.78 is 53.9. The largest absolute Gasteiger partial charge is 0.370 e. The predicted molar refractivity (Wildman–Crippen MR) is 86.1 cm³/mol. The van der Waals surface area contributed by atoms with Crippen molar-refractivity contribution in [1.29, 1.82) is 5.26 Å². The molecular formula is C17H14F4N4O2. The smallest absolute Gasteiger partial charge is 0.310 e. The van der Waals surface area contributed by atoms with Crippen LogP contribution in [0.4, 0.5) is 34.6 Å². The zero-order valence-corrected chi connectivity index (χ0v) is 13.9. The highest BCUT2D eigenvalue weighted by Crippen LogP contribution is 2.61. The van der Waals surface area contributed by atoms with Crippen molar-refractivity contribution in [2.45, 2.75) is 11.8 Å². The number of piperidine rings is 2. The van der Waals surface area contributed by atoms with E-state index in [9.17, 15) is 32.9 Å². The number of nitro groups is 1. The minimum Gasteiger partial charge on any atom is -0.370 e. The Bertz CT molecular complexity index is 887. The van der Waals surface area contributed by atoms with Crippen LogP contribution in [0.3, 0.4) is 0 Å². The maximum atomic E-state index is 13.5. The van der Waals surface area contributed by atoms with Gasteiger partial charge in [0.15, 0.2) is 0 Å². The topological polar surface area (TPSA) is 73.4 Å². The Morgan fingerprint density at radius 3 is 1.93 bits per heavy atom. The predicted octanol–water partition coefficient (Wildman–Crippen LogP) is 2.87. The first-order chi connectivity index (χ1) is 12.7. The van der Waals surface area contributed by atoms with E-state index in [1.807, 2.05) is 0 Å². The number of hydrogen-bond donors (Lipinski definition) is 0. The molecule has 0 amide bonds. The van der Waals surface area contributed by atoms with Crippen molar-refractivity contribution in [3.63, 3.8) is 0 Å². The van der Waals surface area contributed by atoms with Gasteiger partial charge in [-0.05, 0) is 12.1 Å². The van der Waals surface area contributed by atoms with E-state index in [4.69, 9.17) is 0 Å². The third-order valence-electron chi connectivity index (χ3n) is 6.48. The highest BCUT2D eigenvalue weighted by molar-refractivity contribution is 5.77. The Labute approximate surface area is 151 Å². The number of alkyl halides is 4. The number of nitro benzene ring substituents is 1. The summed E-state index contributed by atoms with van der Waals surface area (Å²) in [5.74, 6) is -8.53. The Morgan fingerprint density at radius 1 is 1.00 bits per heavy atom. The highest BCUT2D eigenvalue weighted by atomic mass is 19.3. The van der Waals surface area contributed by atoms with Crippen LogP contribution in [0.5, 0.6) is 0 Å². The fourth-order valence-corrected chi connectivity index (χ4v) is 4.73. The molecule has 5 rings (SSSR count). The van der Waals surface area contributed by atoms with Crippen LogP contribution in [0.15, 0.2) is 12.1 Å². The molecule has 2 aliphatic heterocycles. The number of fused-ring (bicyclic) bond motifs is 2. The Morgan fingerprint density at radius 2 is 1.48 bits per heavy atom. The Hall–Kier alpha value is -2.57. The summed E-state index contributed by atoms with van der Waals surface area (Å²) in [5, 5.41) is 20.9. The quantitative estimate of drug-likeness (QED) is 0.457. The summed E-state index contributed by atoms with van der Waals surface area (Å²) in [7, 11) is 0. The summed E-state index contributed by atoms with van der Waals surface area (Å²) in [5.41, 5.74) is -0.0420. The average molecular weight is 382 g/mol. The van der Waals surface area contributed by atoms with Gasteiger partial charge in [0.1, 0.15) is 17.3 Å². The molecule has 27 heavy (non-hydrogen) atoms. The molecule has 4 atom stereocenters. The monoisotopic (exact) mass is 382 g/mol. The van der Waals surface area contributed by atoms with Crippen LogP contribution < -0.4 is 9.80 Å². The maximum Gasteiger partial charge on any atom is 0.310 e. The van der Waals surface area contributed by atoms with Gasteiger partial charge in [0, 0.05) is 31.9 Å². The second-order valence-electron chi connectivity index (χ2n) is 7.81. The fourth-order valence-electron chi connectivity index (χ4n) is 4.73. The minimum atomic E-state index is -2.73. The molecule has 2 heterocycles. The van der Waals surface area contributed by atoms with Gasteiger partial charge in [0.2, 0.25) is 0 Å². The Kier molecular flexibility index (Phi) is 2.96. The average Bonchev–Trinajstić information content (AvgIpc) is 3.17. The SMILES string of the molecule is N#Cc1cc(N2CC3C(C2)C3(F)F)cc(N2CC3C(C2)C3(F)F)c1[N+](=O)[O-]. The first-order valence-corrected chi connectivity index (χ1v) is 8.64. The number of hydrogen-bond acceptors (Lipinski definition) is 5. The molecule has 2 saturated heterocycles. The first kappa shape index (κ1) is 16.6. The lowest BCUT2D eigenvalue weighted by molar-refractivity contribution is -0.384. The van der Waals surface area contributed by atoms with Crippen LogP contribution in [-0.4, -0.2) is 42.9 Å². The van der Waals surface area contributed by atoms with Crippen molar-refractivity contribution >= 4 is 17.1 Å². The summed E-state index contributed by atoms with van der Waals surface area (Å²) in [6.07, 6.45) is 0. The zero-order valence-electron chi connectivity index (χ0n) is 13.9. The van der Waals surface area contributed by atoms with Crippen LogP contribution >= 0.6 is 0 Å². The molecule has 0 radical (unpaired) electrons. The van der Waals surface area contributed by atoms with Crippen molar-refractivity contribution in [2.24, 2.45) is 23.7 Å². The van der Waals surface area contributed by atoms with Gasteiger partial charge < -0.3 is 9.80 Å². The van der Waals surface area contributed by atoms with Crippen LogP contribution in [0, 0.1) is 45.1 Å². The molecule has 4 aliphatic rings. The Balaban J connectivity index is 1.50. The molecule has 4 unspecified atom stereocenters. The van der Waals surface area contributed by atoms with Crippen molar-refractivity contribution in [3.8, 4) is 6.07 Å². The van der Waals surface area contributed by atoms with Crippen molar-refractivity contribution < 1.29 is 22.5 Å². The third kappa shape index (κ3) is 2.11. The summed E-state index contributed by atoms with van der Waals surface area (Å²) in [4.78, 5) is 14.0. The van der Waals surface area contributed by atoms with Gasteiger partial charge >= 0.3 is 5.69 Å². The van der Waals surface area contributed by atoms with E-state index in [-0.39, 0.29) is 37.4 Å². The fraction of sp³-hybridized carbons (Fsp3) is 0.588. The van der Waals surface area contributed by atoms with Crippen LogP contribution in [-0.2, 0) is 0 Å². The second-order valence-corrected chi connectivity index (χ2v) is 7.81.